The van der Waals surface area contributed by atoms with E-state index in [9.17, 15) is 0 Å². The van der Waals surface area contributed by atoms with Gasteiger partial charge >= 0.3 is 0 Å². The highest BCUT2D eigenvalue weighted by Gasteiger charge is 2.28. The first-order valence-corrected chi connectivity index (χ1v) is 7.42. The number of hydrogen-bond acceptors (Lipinski definition) is 3. The molecule has 0 bridgehead atoms. The molecule has 94 valence electrons. The molecule has 2 nitrogen and oxygen atoms in total. The maximum Gasteiger partial charge on any atom is 0.185 e. The molecular weight excluding hydrogens is 287 g/mol. The first-order valence-electron chi connectivity index (χ1n) is 5.79. The van der Waals surface area contributed by atoms with Crippen molar-refractivity contribution >= 4 is 39.7 Å². The van der Waals surface area contributed by atoms with Crippen molar-refractivity contribution in [1.29, 1.82) is 0 Å². The number of benzene rings is 1. The number of nitrogens with zero attached hydrogens (tertiary/aromatic N) is 2. The smallest absolute Gasteiger partial charge is 0.185 e. The number of thiazole rings is 1. The lowest BCUT2D eigenvalue weighted by molar-refractivity contribution is 0.909. The van der Waals surface area contributed by atoms with Gasteiger partial charge in [0.1, 0.15) is 0 Å². The Balaban J connectivity index is 1.94. The van der Waals surface area contributed by atoms with E-state index in [1.165, 1.54) is 12.8 Å². The van der Waals surface area contributed by atoms with E-state index >= 15 is 0 Å². The molecule has 3 rings (SSSR count). The Morgan fingerprint density at radius 3 is 2.83 bits per heavy atom. The van der Waals surface area contributed by atoms with E-state index in [0.717, 1.165) is 16.4 Å². The van der Waals surface area contributed by atoms with Crippen molar-refractivity contribution in [2.45, 2.75) is 18.9 Å². The van der Waals surface area contributed by atoms with Crippen molar-refractivity contribution < 1.29 is 0 Å². The third-order valence-electron chi connectivity index (χ3n) is 3.09. The number of rotatable bonds is 3. The molecule has 2 aromatic rings. The lowest BCUT2D eigenvalue weighted by atomic mass is 10.2. The van der Waals surface area contributed by atoms with Gasteiger partial charge in [0.2, 0.25) is 0 Å². The van der Waals surface area contributed by atoms with Gasteiger partial charge in [-0.3, -0.25) is 0 Å². The van der Waals surface area contributed by atoms with Gasteiger partial charge in [0.05, 0.1) is 10.7 Å². The number of hydrogen-bond donors (Lipinski definition) is 0. The molecule has 1 fully saturated rings. The molecule has 0 atom stereocenters. The van der Waals surface area contributed by atoms with Gasteiger partial charge in [-0.2, -0.15) is 0 Å². The minimum atomic E-state index is 0.666. The molecule has 1 saturated carbocycles. The monoisotopic (exact) mass is 298 g/mol. The molecule has 0 radical (unpaired) electrons. The maximum atomic E-state index is 6.19. The standard InChI is InChI=1S/C13H12Cl2N2S/c1-17(9-3-4-9)13-16-12(7-18-13)10-6-8(14)2-5-11(10)15/h2,5-7,9H,3-4H2,1H3. The van der Waals surface area contributed by atoms with Crippen LogP contribution in [-0.2, 0) is 0 Å². The molecule has 0 N–H and O–H groups in total. The molecule has 0 saturated heterocycles. The van der Waals surface area contributed by atoms with Crippen molar-refractivity contribution in [3.63, 3.8) is 0 Å². The Morgan fingerprint density at radius 1 is 1.33 bits per heavy atom. The van der Waals surface area contributed by atoms with Crippen LogP contribution in [0.15, 0.2) is 23.6 Å². The van der Waals surface area contributed by atoms with E-state index in [2.05, 4.69) is 16.9 Å². The Labute approximate surface area is 120 Å². The Morgan fingerprint density at radius 2 is 2.11 bits per heavy atom. The summed E-state index contributed by atoms with van der Waals surface area (Å²) in [4.78, 5) is 6.89. The van der Waals surface area contributed by atoms with Crippen LogP contribution in [-0.4, -0.2) is 18.1 Å². The van der Waals surface area contributed by atoms with E-state index in [1.54, 1.807) is 17.4 Å². The van der Waals surface area contributed by atoms with Crippen LogP contribution in [0.25, 0.3) is 11.3 Å². The normalized spacial score (nSPS) is 14.8. The second-order valence-corrected chi connectivity index (χ2v) is 6.16. The van der Waals surface area contributed by atoms with Crippen molar-refractivity contribution in [1.82, 2.24) is 4.98 Å². The van der Waals surface area contributed by atoms with Crippen LogP contribution in [0.4, 0.5) is 5.13 Å². The van der Waals surface area contributed by atoms with Gasteiger partial charge in [0, 0.05) is 29.1 Å². The predicted molar refractivity (Wildman–Crippen MR) is 79.0 cm³/mol. The zero-order valence-corrected chi connectivity index (χ0v) is 12.2. The molecule has 1 heterocycles. The molecular formula is C13H12Cl2N2S. The van der Waals surface area contributed by atoms with E-state index in [1.807, 2.05) is 17.5 Å². The van der Waals surface area contributed by atoms with E-state index < -0.39 is 0 Å². The largest absolute Gasteiger partial charge is 0.348 e. The number of aromatic nitrogens is 1. The summed E-state index contributed by atoms with van der Waals surface area (Å²) in [5.74, 6) is 0. The van der Waals surface area contributed by atoms with Crippen molar-refractivity contribution in [3.8, 4) is 11.3 Å². The molecule has 0 spiro atoms. The summed E-state index contributed by atoms with van der Waals surface area (Å²) < 4.78 is 0. The minimum absolute atomic E-state index is 0.666. The van der Waals surface area contributed by atoms with Gasteiger partial charge in [-0.15, -0.1) is 11.3 Å². The average molecular weight is 299 g/mol. The van der Waals surface area contributed by atoms with Crippen molar-refractivity contribution in [2.75, 3.05) is 11.9 Å². The highest BCUT2D eigenvalue weighted by molar-refractivity contribution is 7.14. The van der Waals surface area contributed by atoms with Crippen LogP contribution in [0, 0.1) is 0 Å². The fourth-order valence-electron chi connectivity index (χ4n) is 1.86. The fraction of sp³-hybridized carbons (Fsp3) is 0.308. The highest BCUT2D eigenvalue weighted by Crippen LogP contribution is 2.36. The van der Waals surface area contributed by atoms with E-state index in [-0.39, 0.29) is 0 Å². The first-order chi connectivity index (χ1) is 8.65. The van der Waals surface area contributed by atoms with Crippen LogP contribution in [0.5, 0.6) is 0 Å². The summed E-state index contributed by atoms with van der Waals surface area (Å²) in [5, 5.41) is 4.44. The average Bonchev–Trinajstić information content (AvgIpc) is 3.09. The molecule has 1 aromatic heterocycles. The van der Waals surface area contributed by atoms with Gasteiger partial charge in [0.15, 0.2) is 5.13 Å². The molecule has 1 aliphatic rings. The zero-order valence-electron chi connectivity index (χ0n) is 9.86. The third kappa shape index (κ3) is 2.35. The first kappa shape index (κ1) is 12.3. The van der Waals surface area contributed by atoms with Gasteiger partial charge in [0.25, 0.3) is 0 Å². The van der Waals surface area contributed by atoms with E-state index in [0.29, 0.717) is 16.1 Å². The summed E-state index contributed by atoms with van der Waals surface area (Å²) in [6.45, 7) is 0. The second kappa shape index (κ2) is 4.72. The van der Waals surface area contributed by atoms with E-state index in [4.69, 9.17) is 23.2 Å². The lowest BCUT2D eigenvalue weighted by Gasteiger charge is -2.13. The van der Waals surface area contributed by atoms with Crippen LogP contribution in [0.1, 0.15) is 12.8 Å². The lowest BCUT2D eigenvalue weighted by Crippen LogP contribution is -2.18. The molecule has 18 heavy (non-hydrogen) atoms. The fourth-order valence-corrected chi connectivity index (χ4v) is 3.11. The summed E-state index contributed by atoms with van der Waals surface area (Å²) in [6, 6.07) is 6.12. The predicted octanol–water partition coefficient (Wildman–Crippen LogP) is 4.72. The third-order valence-corrected chi connectivity index (χ3v) is 4.59. The van der Waals surface area contributed by atoms with Crippen molar-refractivity contribution in [2.24, 2.45) is 0 Å². The van der Waals surface area contributed by atoms with Crippen LogP contribution >= 0.6 is 34.5 Å². The molecule has 0 unspecified atom stereocenters. The molecule has 1 aliphatic carbocycles. The molecule has 5 heteroatoms. The van der Waals surface area contributed by atoms with Crippen LogP contribution in [0.3, 0.4) is 0 Å². The molecule has 0 aliphatic heterocycles. The number of anilines is 1. The summed E-state index contributed by atoms with van der Waals surface area (Å²) in [7, 11) is 2.10. The van der Waals surface area contributed by atoms with Gasteiger partial charge in [-0.25, -0.2) is 4.98 Å². The Bertz CT molecular complexity index is 578. The van der Waals surface area contributed by atoms with Gasteiger partial charge in [-0.05, 0) is 31.0 Å². The Kier molecular flexibility index (Phi) is 3.22. The van der Waals surface area contributed by atoms with Crippen LogP contribution < -0.4 is 4.90 Å². The Hall–Kier alpha value is -0.770. The highest BCUT2D eigenvalue weighted by atomic mass is 35.5. The van der Waals surface area contributed by atoms with Crippen molar-refractivity contribution in [3.05, 3.63) is 33.6 Å². The summed E-state index contributed by atoms with van der Waals surface area (Å²) >= 11 is 13.8. The summed E-state index contributed by atoms with van der Waals surface area (Å²) in [6.07, 6.45) is 2.53. The van der Waals surface area contributed by atoms with Gasteiger partial charge in [-0.1, -0.05) is 23.2 Å². The summed E-state index contributed by atoms with van der Waals surface area (Å²) in [5.41, 5.74) is 1.80. The zero-order chi connectivity index (χ0) is 12.7. The van der Waals surface area contributed by atoms with Crippen LogP contribution in [0.2, 0.25) is 10.0 Å². The second-order valence-electron chi connectivity index (χ2n) is 4.48. The SMILES string of the molecule is CN(c1nc(-c2cc(Cl)ccc2Cl)cs1)C1CC1. The minimum Gasteiger partial charge on any atom is -0.348 e. The topological polar surface area (TPSA) is 16.1 Å². The van der Waals surface area contributed by atoms with Gasteiger partial charge < -0.3 is 4.90 Å². The maximum absolute atomic E-state index is 6.19. The number of halogens is 2. The quantitative estimate of drug-likeness (QED) is 0.815. The molecule has 1 aromatic carbocycles. The molecule has 0 amide bonds.